The van der Waals surface area contributed by atoms with E-state index < -0.39 is 0 Å². The van der Waals surface area contributed by atoms with Crippen molar-refractivity contribution in [3.63, 3.8) is 0 Å². The lowest BCUT2D eigenvalue weighted by atomic mass is 10.0. The van der Waals surface area contributed by atoms with Crippen molar-refractivity contribution in [2.75, 3.05) is 6.54 Å². The molecule has 0 bridgehead atoms. The molecule has 1 aromatic heterocycles. The van der Waals surface area contributed by atoms with Gasteiger partial charge in [-0.2, -0.15) is 0 Å². The summed E-state index contributed by atoms with van der Waals surface area (Å²) in [5.41, 5.74) is 1.40. The Morgan fingerprint density at radius 3 is 2.63 bits per heavy atom. The number of hydrogen-bond donors (Lipinski definition) is 1. The second kappa shape index (κ2) is 7.80. The molecule has 1 aromatic carbocycles. The topological polar surface area (TPSA) is 25.2 Å². The minimum Gasteiger partial charge on any atom is -0.469 e. The lowest BCUT2D eigenvalue weighted by molar-refractivity contribution is 0.441. The van der Waals surface area contributed by atoms with E-state index in [1.807, 2.05) is 6.07 Å². The van der Waals surface area contributed by atoms with Gasteiger partial charge in [0, 0.05) is 12.5 Å². The van der Waals surface area contributed by atoms with Crippen molar-refractivity contribution in [2.45, 2.75) is 38.6 Å². The van der Waals surface area contributed by atoms with Gasteiger partial charge in [0.25, 0.3) is 0 Å². The second-order valence-corrected chi connectivity index (χ2v) is 4.96. The maximum atomic E-state index is 5.41. The molecule has 2 heteroatoms. The van der Waals surface area contributed by atoms with Gasteiger partial charge >= 0.3 is 0 Å². The van der Waals surface area contributed by atoms with Gasteiger partial charge in [-0.15, -0.1) is 0 Å². The molecule has 0 saturated carbocycles. The summed E-state index contributed by atoms with van der Waals surface area (Å²) in [6, 6.07) is 15.2. The summed E-state index contributed by atoms with van der Waals surface area (Å²) >= 11 is 0. The quantitative estimate of drug-likeness (QED) is 0.777. The normalized spacial score (nSPS) is 12.5. The molecule has 0 fully saturated rings. The molecule has 0 aliphatic carbocycles. The van der Waals surface area contributed by atoms with Crippen LogP contribution in [0.3, 0.4) is 0 Å². The molecule has 2 aromatic rings. The average Bonchev–Trinajstić information content (AvgIpc) is 2.96. The highest BCUT2D eigenvalue weighted by molar-refractivity contribution is 5.16. The van der Waals surface area contributed by atoms with E-state index in [4.69, 9.17) is 4.42 Å². The van der Waals surface area contributed by atoms with Crippen LogP contribution in [0, 0.1) is 0 Å². The fourth-order valence-corrected chi connectivity index (χ4v) is 2.29. The average molecular weight is 257 g/mol. The molecule has 2 nitrogen and oxygen atoms in total. The second-order valence-electron chi connectivity index (χ2n) is 4.96. The van der Waals surface area contributed by atoms with Gasteiger partial charge in [-0.1, -0.05) is 37.3 Å². The molecule has 0 aliphatic heterocycles. The van der Waals surface area contributed by atoms with E-state index in [2.05, 4.69) is 48.6 Å². The summed E-state index contributed by atoms with van der Waals surface area (Å²) in [4.78, 5) is 0. The summed E-state index contributed by atoms with van der Waals surface area (Å²) in [6.45, 7) is 3.29. The Balaban J connectivity index is 1.87. The van der Waals surface area contributed by atoms with Crippen molar-refractivity contribution in [1.29, 1.82) is 0 Å². The van der Waals surface area contributed by atoms with Crippen molar-refractivity contribution < 1.29 is 4.42 Å². The van der Waals surface area contributed by atoms with Gasteiger partial charge in [-0.25, -0.2) is 0 Å². The van der Waals surface area contributed by atoms with Crippen LogP contribution in [0.1, 0.15) is 31.1 Å². The first-order valence-electron chi connectivity index (χ1n) is 7.18. The molecule has 1 unspecified atom stereocenters. The molecule has 1 heterocycles. The van der Waals surface area contributed by atoms with E-state index in [0.717, 1.165) is 31.6 Å². The molecule has 0 amide bonds. The van der Waals surface area contributed by atoms with Gasteiger partial charge < -0.3 is 9.73 Å². The molecule has 0 saturated heterocycles. The van der Waals surface area contributed by atoms with Gasteiger partial charge in [0.05, 0.1) is 6.26 Å². The summed E-state index contributed by atoms with van der Waals surface area (Å²) < 4.78 is 5.41. The van der Waals surface area contributed by atoms with Crippen LogP contribution in [-0.4, -0.2) is 12.6 Å². The van der Waals surface area contributed by atoms with E-state index in [1.165, 1.54) is 12.0 Å². The summed E-state index contributed by atoms with van der Waals surface area (Å²) in [7, 11) is 0. The highest BCUT2D eigenvalue weighted by Crippen LogP contribution is 2.10. The Labute approximate surface area is 115 Å². The van der Waals surface area contributed by atoms with Gasteiger partial charge in [-0.05, 0) is 43.5 Å². The first-order chi connectivity index (χ1) is 9.38. The van der Waals surface area contributed by atoms with E-state index >= 15 is 0 Å². The lowest BCUT2D eigenvalue weighted by Gasteiger charge is -2.18. The van der Waals surface area contributed by atoms with Crippen LogP contribution in [0.15, 0.2) is 53.1 Å². The van der Waals surface area contributed by atoms with Crippen LogP contribution in [0.2, 0.25) is 0 Å². The monoisotopic (exact) mass is 257 g/mol. The molecule has 102 valence electrons. The first-order valence-corrected chi connectivity index (χ1v) is 7.18. The van der Waals surface area contributed by atoms with E-state index in [1.54, 1.807) is 6.26 Å². The minimum atomic E-state index is 0.521. The zero-order valence-corrected chi connectivity index (χ0v) is 11.6. The SMILES string of the molecule is CCCNC(CCc1ccco1)Cc1ccccc1. The Kier molecular flexibility index (Phi) is 5.70. The summed E-state index contributed by atoms with van der Waals surface area (Å²) in [5.74, 6) is 1.08. The highest BCUT2D eigenvalue weighted by atomic mass is 16.3. The molecule has 0 spiro atoms. The molecule has 19 heavy (non-hydrogen) atoms. The van der Waals surface area contributed by atoms with Gasteiger partial charge in [0.1, 0.15) is 5.76 Å². The van der Waals surface area contributed by atoms with Crippen LogP contribution in [-0.2, 0) is 12.8 Å². The van der Waals surface area contributed by atoms with Crippen LogP contribution < -0.4 is 5.32 Å². The number of aryl methyl sites for hydroxylation is 1. The molecule has 1 atom stereocenters. The zero-order valence-electron chi connectivity index (χ0n) is 11.6. The fourth-order valence-electron chi connectivity index (χ4n) is 2.29. The predicted molar refractivity (Wildman–Crippen MR) is 79.3 cm³/mol. The third-order valence-electron chi connectivity index (χ3n) is 3.33. The highest BCUT2D eigenvalue weighted by Gasteiger charge is 2.09. The van der Waals surface area contributed by atoms with Crippen molar-refractivity contribution in [2.24, 2.45) is 0 Å². The number of benzene rings is 1. The van der Waals surface area contributed by atoms with Crippen molar-refractivity contribution in [3.05, 3.63) is 60.1 Å². The zero-order chi connectivity index (χ0) is 13.3. The van der Waals surface area contributed by atoms with Crippen molar-refractivity contribution >= 4 is 0 Å². The third kappa shape index (κ3) is 4.92. The number of furan rings is 1. The Bertz CT molecular complexity index is 436. The fraction of sp³-hybridized carbons (Fsp3) is 0.412. The molecule has 1 N–H and O–H groups in total. The van der Waals surface area contributed by atoms with Crippen LogP contribution >= 0.6 is 0 Å². The van der Waals surface area contributed by atoms with E-state index in [9.17, 15) is 0 Å². The number of hydrogen-bond acceptors (Lipinski definition) is 2. The Morgan fingerprint density at radius 2 is 1.95 bits per heavy atom. The van der Waals surface area contributed by atoms with Gasteiger partial charge in [-0.3, -0.25) is 0 Å². The van der Waals surface area contributed by atoms with Gasteiger partial charge in [0.15, 0.2) is 0 Å². The molecular formula is C17H23NO. The number of nitrogens with one attached hydrogen (secondary N) is 1. The van der Waals surface area contributed by atoms with Gasteiger partial charge in [0.2, 0.25) is 0 Å². The summed E-state index contributed by atoms with van der Waals surface area (Å²) in [6.07, 6.45) is 6.12. The van der Waals surface area contributed by atoms with Crippen LogP contribution in [0.5, 0.6) is 0 Å². The van der Waals surface area contributed by atoms with Crippen LogP contribution in [0.4, 0.5) is 0 Å². The van der Waals surface area contributed by atoms with E-state index in [-0.39, 0.29) is 0 Å². The molecule has 0 aliphatic rings. The maximum Gasteiger partial charge on any atom is 0.103 e. The largest absolute Gasteiger partial charge is 0.469 e. The number of rotatable bonds is 8. The molecule has 2 rings (SSSR count). The molecular weight excluding hydrogens is 234 g/mol. The van der Waals surface area contributed by atoms with Crippen LogP contribution in [0.25, 0.3) is 0 Å². The molecule has 0 radical (unpaired) electrons. The van der Waals surface area contributed by atoms with E-state index in [0.29, 0.717) is 6.04 Å². The predicted octanol–water partition coefficient (Wildman–Crippen LogP) is 3.82. The standard InChI is InChI=1S/C17H23NO/c1-2-12-18-16(10-11-17-9-6-13-19-17)14-15-7-4-3-5-8-15/h3-9,13,16,18H,2,10-12,14H2,1H3. The summed E-state index contributed by atoms with van der Waals surface area (Å²) in [5, 5.41) is 3.64. The maximum absolute atomic E-state index is 5.41. The smallest absolute Gasteiger partial charge is 0.103 e. The Morgan fingerprint density at radius 1 is 1.11 bits per heavy atom. The third-order valence-corrected chi connectivity index (χ3v) is 3.33. The Hall–Kier alpha value is -1.54. The first kappa shape index (κ1) is 13.9. The minimum absolute atomic E-state index is 0.521. The lowest BCUT2D eigenvalue weighted by Crippen LogP contribution is -2.32. The van der Waals surface area contributed by atoms with Crippen molar-refractivity contribution in [1.82, 2.24) is 5.32 Å². The van der Waals surface area contributed by atoms with Crippen molar-refractivity contribution in [3.8, 4) is 0 Å².